The van der Waals surface area contributed by atoms with E-state index in [-0.39, 0.29) is 0 Å². The van der Waals surface area contributed by atoms with Crippen molar-refractivity contribution in [3.63, 3.8) is 0 Å². The van der Waals surface area contributed by atoms with Gasteiger partial charge in [0.25, 0.3) is 0 Å². The quantitative estimate of drug-likeness (QED) is 0.838. The smallest absolute Gasteiger partial charge is 0.127 e. The van der Waals surface area contributed by atoms with Gasteiger partial charge in [-0.15, -0.1) is 0 Å². The highest BCUT2D eigenvalue weighted by atomic mass is 15.0. The van der Waals surface area contributed by atoms with Crippen LogP contribution in [-0.2, 0) is 0 Å². The van der Waals surface area contributed by atoms with E-state index in [1.54, 1.807) is 0 Å². The van der Waals surface area contributed by atoms with Crippen molar-refractivity contribution in [1.29, 1.82) is 0 Å². The molecule has 0 radical (unpaired) electrons. The number of hydrogen-bond acceptors (Lipinski definition) is 3. The second kappa shape index (κ2) is 6.23. The molecule has 0 unspecified atom stereocenters. The van der Waals surface area contributed by atoms with Gasteiger partial charge in [0.05, 0.1) is 0 Å². The van der Waals surface area contributed by atoms with Gasteiger partial charge >= 0.3 is 0 Å². The number of nitrogens with zero attached hydrogens (tertiary/aromatic N) is 1. The van der Waals surface area contributed by atoms with Crippen LogP contribution in [0.15, 0.2) is 36.5 Å². The Morgan fingerprint density at radius 3 is 2.74 bits per heavy atom. The molecule has 3 heteroatoms. The summed E-state index contributed by atoms with van der Waals surface area (Å²) in [4.78, 5) is 4.31. The zero-order valence-corrected chi connectivity index (χ0v) is 11.8. The van der Waals surface area contributed by atoms with E-state index < -0.39 is 0 Å². The summed E-state index contributed by atoms with van der Waals surface area (Å²) in [5.41, 5.74) is 4.70. The van der Waals surface area contributed by atoms with E-state index in [9.17, 15) is 0 Å². The Kier molecular flexibility index (Phi) is 4.39. The fourth-order valence-electron chi connectivity index (χ4n) is 1.88. The van der Waals surface area contributed by atoms with Crippen LogP contribution in [0.3, 0.4) is 0 Å². The van der Waals surface area contributed by atoms with Gasteiger partial charge in [-0.3, -0.25) is 0 Å². The molecule has 2 aromatic rings. The molecule has 19 heavy (non-hydrogen) atoms. The molecule has 0 saturated heterocycles. The van der Waals surface area contributed by atoms with E-state index in [0.29, 0.717) is 0 Å². The van der Waals surface area contributed by atoms with Gasteiger partial charge in [-0.2, -0.15) is 0 Å². The third-order valence-corrected chi connectivity index (χ3v) is 2.99. The normalized spacial score (nSPS) is 10.3. The van der Waals surface area contributed by atoms with E-state index in [2.05, 4.69) is 54.6 Å². The summed E-state index contributed by atoms with van der Waals surface area (Å²) in [6.45, 7) is 7.30. The van der Waals surface area contributed by atoms with Crippen LogP contribution in [-0.4, -0.2) is 11.5 Å². The minimum atomic E-state index is 0.914. The van der Waals surface area contributed by atoms with Crippen molar-refractivity contribution in [1.82, 2.24) is 4.98 Å². The van der Waals surface area contributed by atoms with Crippen LogP contribution in [0.4, 0.5) is 17.2 Å². The van der Waals surface area contributed by atoms with Crippen LogP contribution in [0.25, 0.3) is 0 Å². The molecule has 1 aromatic carbocycles. The summed E-state index contributed by atoms with van der Waals surface area (Å²) in [7, 11) is 0. The molecule has 2 N–H and O–H groups in total. The van der Waals surface area contributed by atoms with Gasteiger partial charge in [-0.25, -0.2) is 4.98 Å². The fourth-order valence-corrected chi connectivity index (χ4v) is 1.88. The summed E-state index contributed by atoms with van der Waals surface area (Å²) < 4.78 is 0. The van der Waals surface area contributed by atoms with E-state index in [1.807, 2.05) is 18.3 Å². The Morgan fingerprint density at radius 1 is 1.11 bits per heavy atom. The Hall–Kier alpha value is -2.03. The zero-order chi connectivity index (χ0) is 13.7. The van der Waals surface area contributed by atoms with Gasteiger partial charge in [-0.05, 0) is 43.5 Å². The highest BCUT2D eigenvalue weighted by Crippen LogP contribution is 2.22. The lowest BCUT2D eigenvalue weighted by Gasteiger charge is -2.12. The number of pyridine rings is 1. The van der Waals surface area contributed by atoms with Gasteiger partial charge in [0.2, 0.25) is 0 Å². The summed E-state index contributed by atoms with van der Waals surface area (Å²) in [5, 5.41) is 6.75. The summed E-state index contributed by atoms with van der Waals surface area (Å²) in [6, 6.07) is 10.4. The molecule has 2 rings (SSSR count). The zero-order valence-electron chi connectivity index (χ0n) is 11.8. The topological polar surface area (TPSA) is 37.0 Å². The van der Waals surface area contributed by atoms with Crippen LogP contribution in [0.1, 0.15) is 24.5 Å². The van der Waals surface area contributed by atoms with E-state index in [1.165, 1.54) is 11.1 Å². The summed E-state index contributed by atoms with van der Waals surface area (Å²) in [6.07, 6.45) is 2.92. The lowest BCUT2D eigenvalue weighted by molar-refractivity contribution is 0.969. The average Bonchev–Trinajstić information content (AvgIpc) is 2.41. The lowest BCUT2D eigenvalue weighted by atomic mass is 10.1. The van der Waals surface area contributed by atoms with Crippen LogP contribution in [0, 0.1) is 13.8 Å². The molecule has 0 fully saturated rings. The fraction of sp³-hybridized carbons (Fsp3) is 0.312. The van der Waals surface area contributed by atoms with Crippen LogP contribution in [0.2, 0.25) is 0 Å². The lowest BCUT2D eigenvalue weighted by Crippen LogP contribution is -2.02. The number of aromatic nitrogens is 1. The molecule has 3 nitrogen and oxygen atoms in total. The molecule has 0 spiro atoms. The molecule has 100 valence electrons. The molecular weight excluding hydrogens is 234 g/mol. The van der Waals surface area contributed by atoms with Crippen molar-refractivity contribution in [2.24, 2.45) is 0 Å². The van der Waals surface area contributed by atoms with E-state index >= 15 is 0 Å². The molecule has 0 aliphatic heterocycles. The average molecular weight is 255 g/mol. The summed E-state index contributed by atoms with van der Waals surface area (Å²) >= 11 is 0. The first-order chi connectivity index (χ1) is 9.19. The standard InChI is InChI=1S/C16H21N3/c1-4-8-17-16-11-14(7-9-18-16)19-15-10-12(2)5-6-13(15)3/h5-7,9-11H,4,8H2,1-3H3,(H2,17,18,19). The first kappa shape index (κ1) is 13.4. The van der Waals surface area contributed by atoms with E-state index in [4.69, 9.17) is 0 Å². The SMILES string of the molecule is CCCNc1cc(Nc2cc(C)ccc2C)ccn1. The molecule has 0 bridgehead atoms. The second-order valence-electron chi connectivity index (χ2n) is 4.80. The van der Waals surface area contributed by atoms with Crippen LogP contribution in [0.5, 0.6) is 0 Å². The van der Waals surface area contributed by atoms with Crippen molar-refractivity contribution < 1.29 is 0 Å². The van der Waals surface area contributed by atoms with Crippen molar-refractivity contribution in [3.8, 4) is 0 Å². The first-order valence-corrected chi connectivity index (χ1v) is 6.73. The van der Waals surface area contributed by atoms with Crippen molar-refractivity contribution in [2.45, 2.75) is 27.2 Å². The van der Waals surface area contributed by atoms with Gasteiger partial charge in [0.15, 0.2) is 0 Å². The number of hydrogen-bond donors (Lipinski definition) is 2. The van der Waals surface area contributed by atoms with Gasteiger partial charge in [0, 0.05) is 30.2 Å². The molecular formula is C16H21N3. The predicted molar refractivity (Wildman–Crippen MR) is 82.2 cm³/mol. The Bertz CT molecular complexity index is 549. The molecule has 0 atom stereocenters. The number of anilines is 3. The maximum atomic E-state index is 4.31. The maximum Gasteiger partial charge on any atom is 0.127 e. The molecule has 1 aromatic heterocycles. The Morgan fingerprint density at radius 2 is 1.95 bits per heavy atom. The largest absolute Gasteiger partial charge is 0.370 e. The third kappa shape index (κ3) is 3.71. The Balaban J connectivity index is 2.16. The number of rotatable bonds is 5. The highest BCUT2D eigenvalue weighted by molar-refractivity contribution is 5.65. The van der Waals surface area contributed by atoms with Crippen LogP contribution >= 0.6 is 0 Å². The number of aryl methyl sites for hydroxylation is 2. The molecule has 0 amide bonds. The van der Waals surface area contributed by atoms with Gasteiger partial charge in [-0.1, -0.05) is 19.1 Å². The maximum absolute atomic E-state index is 4.31. The number of nitrogens with one attached hydrogen (secondary N) is 2. The highest BCUT2D eigenvalue weighted by Gasteiger charge is 2.01. The van der Waals surface area contributed by atoms with Crippen molar-refractivity contribution >= 4 is 17.2 Å². The van der Waals surface area contributed by atoms with Crippen molar-refractivity contribution in [2.75, 3.05) is 17.2 Å². The van der Waals surface area contributed by atoms with Gasteiger partial charge < -0.3 is 10.6 Å². The summed E-state index contributed by atoms with van der Waals surface area (Å²) in [5.74, 6) is 0.914. The van der Waals surface area contributed by atoms with Gasteiger partial charge in [0.1, 0.15) is 5.82 Å². The van der Waals surface area contributed by atoms with Crippen molar-refractivity contribution in [3.05, 3.63) is 47.7 Å². The first-order valence-electron chi connectivity index (χ1n) is 6.73. The second-order valence-corrected chi connectivity index (χ2v) is 4.80. The Labute approximate surface area is 115 Å². The molecule has 0 aliphatic carbocycles. The van der Waals surface area contributed by atoms with Crippen LogP contribution < -0.4 is 10.6 Å². The molecule has 0 saturated carbocycles. The minimum absolute atomic E-state index is 0.914. The monoisotopic (exact) mass is 255 g/mol. The third-order valence-electron chi connectivity index (χ3n) is 2.99. The molecule has 0 aliphatic rings. The number of benzene rings is 1. The predicted octanol–water partition coefficient (Wildman–Crippen LogP) is 4.26. The van der Waals surface area contributed by atoms with E-state index in [0.717, 1.165) is 30.2 Å². The minimum Gasteiger partial charge on any atom is -0.370 e. The molecule has 1 heterocycles.